The Balaban J connectivity index is 1.54. The van der Waals surface area contributed by atoms with E-state index in [2.05, 4.69) is 37.9 Å². The van der Waals surface area contributed by atoms with Crippen LogP contribution in [-0.4, -0.2) is 54.3 Å². The van der Waals surface area contributed by atoms with Crippen LogP contribution in [0.2, 0.25) is 0 Å². The van der Waals surface area contributed by atoms with E-state index in [-0.39, 0.29) is 23.7 Å². The van der Waals surface area contributed by atoms with Crippen molar-refractivity contribution in [1.29, 1.82) is 0 Å². The van der Waals surface area contributed by atoms with Crippen molar-refractivity contribution < 1.29 is 14.3 Å². The van der Waals surface area contributed by atoms with Crippen molar-refractivity contribution in [2.45, 2.75) is 58.0 Å². The van der Waals surface area contributed by atoms with Gasteiger partial charge in [-0.05, 0) is 39.3 Å². The molecule has 0 aromatic heterocycles. The summed E-state index contributed by atoms with van der Waals surface area (Å²) in [5.74, 6) is 0.793. The van der Waals surface area contributed by atoms with Crippen LogP contribution < -0.4 is 10.1 Å². The van der Waals surface area contributed by atoms with E-state index in [1.807, 2.05) is 24.3 Å². The lowest BCUT2D eigenvalue weighted by atomic mass is 10.00. The second-order valence-electron chi connectivity index (χ2n) is 7.61. The molecule has 2 aliphatic rings. The molecule has 1 amide bonds. The number of para-hydroxylation sites is 1. The molecule has 0 radical (unpaired) electrons. The van der Waals surface area contributed by atoms with Crippen LogP contribution in [0.25, 0.3) is 0 Å². The number of carbonyl (C=O) groups is 1. The molecule has 0 saturated carbocycles. The number of fused-ring (bicyclic) bond motifs is 1. The van der Waals surface area contributed by atoms with Crippen molar-refractivity contribution in [2.24, 2.45) is 0 Å². The van der Waals surface area contributed by atoms with Crippen molar-refractivity contribution in [2.75, 3.05) is 19.6 Å². The number of carbonyl (C=O) groups excluding carboxylic acids is 1. The molecule has 2 aliphatic heterocycles. The molecule has 0 unspecified atom stereocenters. The van der Waals surface area contributed by atoms with E-state index in [1.165, 1.54) is 0 Å². The molecule has 132 valence electrons. The van der Waals surface area contributed by atoms with Gasteiger partial charge in [0, 0.05) is 31.6 Å². The van der Waals surface area contributed by atoms with Gasteiger partial charge >= 0.3 is 0 Å². The Bertz CT molecular complexity index is 567. The molecule has 1 fully saturated rings. The lowest BCUT2D eigenvalue weighted by molar-refractivity contribution is -0.128. The second kappa shape index (κ2) is 6.73. The predicted octanol–water partition coefficient (Wildman–Crippen LogP) is 1.99. The SMILES string of the molecule is C[C@@H]1CN(C(C)(C)CNC(=O)[C@H]2Cc3ccccc3O2)C[C@H](C)O1. The van der Waals surface area contributed by atoms with E-state index in [0.717, 1.165) is 24.4 Å². The highest BCUT2D eigenvalue weighted by atomic mass is 16.5. The van der Waals surface area contributed by atoms with Crippen LogP contribution in [0.1, 0.15) is 33.3 Å². The molecule has 1 aromatic carbocycles. The molecule has 5 heteroatoms. The van der Waals surface area contributed by atoms with Gasteiger partial charge in [-0.3, -0.25) is 9.69 Å². The van der Waals surface area contributed by atoms with Crippen molar-refractivity contribution in [3.8, 4) is 5.75 Å². The number of amides is 1. The number of hydrogen-bond donors (Lipinski definition) is 1. The third-order valence-corrected chi connectivity index (χ3v) is 4.91. The van der Waals surface area contributed by atoms with Crippen molar-refractivity contribution in [3.05, 3.63) is 29.8 Å². The fourth-order valence-corrected chi connectivity index (χ4v) is 3.53. The van der Waals surface area contributed by atoms with Gasteiger partial charge in [0.25, 0.3) is 5.91 Å². The largest absolute Gasteiger partial charge is 0.480 e. The van der Waals surface area contributed by atoms with Gasteiger partial charge < -0.3 is 14.8 Å². The van der Waals surface area contributed by atoms with Gasteiger partial charge in [0.15, 0.2) is 6.10 Å². The zero-order chi connectivity index (χ0) is 17.3. The van der Waals surface area contributed by atoms with Crippen LogP contribution in [0.5, 0.6) is 5.75 Å². The van der Waals surface area contributed by atoms with Crippen LogP contribution in [0.3, 0.4) is 0 Å². The first-order valence-electron chi connectivity index (χ1n) is 8.78. The molecule has 0 bridgehead atoms. The Morgan fingerprint density at radius 1 is 1.25 bits per heavy atom. The summed E-state index contributed by atoms with van der Waals surface area (Å²) in [6, 6.07) is 7.85. The molecule has 2 heterocycles. The maximum atomic E-state index is 12.5. The first-order chi connectivity index (χ1) is 11.3. The Morgan fingerprint density at radius 3 is 2.58 bits per heavy atom. The normalized spacial score (nSPS) is 27.4. The van der Waals surface area contributed by atoms with Gasteiger partial charge in [0.05, 0.1) is 12.2 Å². The van der Waals surface area contributed by atoms with Gasteiger partial charge in [-0.15, -0.1) is 0 Å². The van der Waals surface area contributed by atoms with Gasteiger partial charge in [-0.1, -0.05) is 18.2 Å². The minimum absolute atomic E-state index is 0.0337. The molecule has 3 rings (SSSR count). The molecule has 1 saturated heterocycles. The molecule has 24 heavy (non-hydrogen) atoms. The van der Waals surface area contributed by atoms with E-state index in [0.29, 0.717) is 13.0 Å². The fraction of sp³-hybridized carbons (Fsp3) is 0.632. The van der Waals surface area contributed by atoms with Gasteiger partial charge in [0.2, 0.25) is 0 Å². The number of hydrogen-bond acceptors (Lipinski definition) is 4. The first-order valence-corrected chi connectivity index (χ1v) is 8.78. The number of nitrogens with zero attached hydrogens (tertiary/aromatic N) is 1. The smallest absolute Gasteiger partial charge is 0.261 e. The number of morpholine rings is 1. The zero-order valence-corrected chi connectivity index (χ0v) is 15.0. The van der Waals surface area contributed by atoms with Crippen LogP contribution in [-0.2, 0) is 16.0 Å². The van der Waals surface area contributed by atoms with Crippen LogP contribution >= 0.6 is 0 Å². The lowest BCUT2D eigenvalue weighted by Gasteiger charge is -2.45. The highest BCUT2D eigenvalue weighted by molar-refractivity contribution is 5.82. The van der Waals surface area contributed by atoms with Crippen LogP contribution in [0.4, 0.5) is 0 Å². The minimum Gasteiger partial charge on any atom is -0.480 e. The van der Waals surface area contributed by atoms with Crippen molar-refractivity contribution >= 4 is 5.91 Å². The van der Waals surface area contributed by atoms with Gasteiger partial charge in [-0.25, -0.2) is 0 Å². The topological polar surface area (TPSA) is 50.8 Å². The summed E-state index contributed by atoms with van der Waals surface area (Å²) < 4.78 is 11.6. The van der Waals surface area contributed by atoms with E-state index >= 15 is 0 Å². The standard InChI is InChI=1S/C19H28N2O3/c1-13-10-21(11-14(2)23-13)19(3,4)12-20-18(22)17-9-15-7-5-6-8-16(15)24-17/h5-8,13-14,17H,9-12H2,1-4H3,(H,20,22)/t13-,14+,17-/m1/s1. The summed E-state index contributed by atoms with van der Waals surface area (Å²) in [4.78, 5) is 14.9. The Labute approximate surface area is 144 Å². The van der Waals surface area contributed by atoms with Crippen LogP contribution in [0, 0.1) is 0 Å². The average Bonchev–Trinajstić information content (AvgIpc) is 2.96. The quantitative estimate of drug-likeness (QED) is 0.916. The second-order valence-corrected chi connectivity index (χ2v) is 7.61. The Hall–Kier alpha value is -1.59. The first kappa shape index (κ1) is 17.2. The molecule has 0 spiro atoms. The van der Waals surface area contributed by atoms with Gasteiger partial charge in [0.1, 0.15) is 5.75 Å². The predicted molar refractivity (Wildman–Crippen MR) is 93.2 cm³/mol. The number of nitrogens with one attached hydrogen (secondary N) is 1. The maximum absolute atomic E-state index is 12.5. The molecule has 5 nitrogen and oxygen atoms in total. The molecule has 0 aliphatic carbocycles. The van der Waals surface area contributed by atoms with E-state index < -0.39 is 6.10 Å². The Morgan fingerprint density at radius 2 is 1.92 bits per heavy atom. The highest BCUT2D eigenvalue weighted by Crippen LogP contribution is 2.28. The number of rotatable bonds is 4. The van der Waals surface area contributed by atoms with E-state index in [1.54, 1.807) is 0 Å². The number of benzene rings is 1. The van der Waals surface area contributed by atoms with E-state index in [9.17, 15) is 4.79 Å². The molecule has 3 atom stereocenters. The highest BCUT2D eigenvalue weighted by Gasteiger charge is 2.35. The maximum Gasteiger partial charge on any atom is 0.261 e. The minimum atomic E-state index is -0.416. The monoisotopic (exact) mass is 332 g/mol. The lowest BCUT2D eigenvalue weighted by Crippen LogP contribution is -2.59. The summed E-state index contributed by atoms with van der Waals surface area (Å²) >= 11 is 0. The third-order valence-electron chi connectivity index (χ3n) is 4.91. The summed E-state index contributed by atoms with van der Waals surface area (Å²) in [5.41, 5.74) is 0.987. The van der Waals surface area contributed by atoms with Crippen LogP contribution in [0.15, 0.2) is 24.3 Å². The van der Waals surface area contributed by atoms with Gasteiger partial charge in [-0.2, -0.15) is 0 Å². The van der Waals surface area contributed by atoms with Crippen molar-refractivity contribution in [1.82, 2.24) is 10.2 Å². The molecular weight excluding hydrogens is 304 g/mol. The molecule has 1 N–H and O–H groups in total. The molecule has 1 aromatic rings. The number of ether oxygens (including phenoxy) is 2. The fourth-order valence-electron chi connectivity index (χ4n) is 3.53. The molecular formula is C19H28N2O3. The Kier molecular flexibility index (Phi) is 4.83. The third kappa shape index (κ3) is 3.73. The summed E-state index contributed by atoms with van der Waals surface area (Å²) in [7, 11) is 0. The van der Waals surface area contributed by atoms with E-state index in [4.69, 9.17) is 9.47 Å². The summed E-state index contributed by atoms with van der Waals surface area (Å²) in [6.45, 7) is 10.9. The summed E-state index contributed by atoms with van der Waals surface area (Å²) in [5, 5.41) is 3.08. The summed E-state index contributed by atoms with van der Waals surface area (Å²) in [6.07, 6.45) is 0.669. The average molecular weight is 332 g/mol. The van der Waals surface area contributed by atoms with Crippen molar-refractivity contribution in [3.63, 3.8) is 0 Å². The zero-order valence-electron chi connectivity index (χ0n) is 15.0.